The van der Waals surface area contributed by atoms with Crippen LogP contribution in [0.1, 0.15) is 18.8 Å². The van der Waals surface area contributed by atoms with Gasteiger partial charge < -0.3 is 15.6 Å². The van der Waals surface area contributed by atoms with Crippen molar-refractivity contribution in [3.63, 3.8) is 0 Å². The second-order valence-electron chi connectivity index (χ2n) is 5.44. The lowest BCUT2D eigenvalue weighted by molar-refractivity contribution is 0.249. The molecule has 0 aliphatic heterocycles. The lowest BCUT2D eigenvalue weighted by Gasteiger charge is -2.14. The molecule has 2 heterocycles. The summed E-state index contributed by atoms with van der Waals surface area (Å²) in [5.74, 6) is -0.118. The zero-order valence-corrected chi connectivity index (χ0v) is 13.7. The molecular weight excluding hydrogens is 339 g/mol. The second kappa shape index (κ2) is 7.51. The molecule has 26 heavy (non-hydrogen) atoms. The fraction of sp³-hybridized carbons (Fsp3) is 0.118. The van der Waals surface area contributed by atoms with Crippen LogP contribution in [0.15, 0.2) is 53.7 Å². The highest BCUT2D eigenvalue weighted by Crippen LogP contribution is 2.14. The Morgan fingerprint density at radius 2 is 1.96 bits per heavy atom. The average Bonchev–Trinajstić information content (AvgIpc) is 2.64. The van der Waals surface area contributed by atoms with Crippen LogP contribution in [0.3, 0.4) is 0 Å². The van der Waals surface area contributed by atoms with Crippen LogP contribution in [0, 0.1) is 5.82 Å². The van der Waals surface area contributed by atoms with E-state index in [1.54, 1.807) is 19.2 Å². The molecule has 0 spiro atoms. The van der Waals surface area contributed by atoms with Gasteiger partial charge in [-0.05, 0) is 37.3 Å². The van der Waals surface area contributed by atoms with Crippen molar-refractivity contribution in [2.75, 3.05) is 5.32 Å². The van der Waals surface area contributed by atoms with E-state index in [1.165, 1.54) is 36.7 Å². The molecule has 0 radical (unpaired) electrons. The summed E-state index contributed by atoms with van der Waals surface area (Å²) in [5.41, 5.74) is 0.942. The van der Waals surface area contributed by atoms with Gasteiger partial charge in [0.2, 0.25) is 0 Å². The van der Waals surface area contributed by atoms with Crippen molar-refractivity contribution in [2.45, 2.75) is 13.0 Å². The van der Waals surface area contributed by atoms with E-state index < -0.39 is 17.9 Å². The molecule has 0 fully saturated rings. The number of urea groups is 1. The predicted octanol–water partition coefficient (Wildman–Crippen LogP) is 2.25. The zero-order chi connectivity index (χ0) is 18.5. The number of aromatic nitrogens is 4. The van der Waals surface area contributed by atoms with E-state index in [4.69, 9.17) is 0 Å². The molecule has 0 aliphatic carbocycles. The first-order valence-electron chi connectivity index (χ1n) is 7.72. The molecule has 2 amide bonds. The van der Waals surface area contributed by atoms with E-state index in [-0.39, 0.29) is 11.4 Å². The van der Waals surface area contributed by atoms with E-state index >= 15 is 0 Å². The Morgan fingerprint density at radius 1 is 1.19 bits per heavy atom. The molecule has 1 aromatic carbocycles. The van der Waals surface area contributed by atoms with Gasteiger partial charge in [0.15, 0.2) is 0 Å². The van der Waals surface area contributed by atoms with E-state index in [0.29, 0.717) is 17.1 Å². The zero-order valence-electron chi connectivity index (χ0n) is 13.7. The third-order valence-electron chi connectivity index (χ3n) is 3.46. The molecule has 3 aromatic rings. The molecular formula is C17H15FN6O2. The fourth-order valence-electron chi connectivity index (χ4n) is 2.22. The topological polar surface area (TPSA) is 113 Å². The Balaban J connectivity index is 1.74. The largest absolute Gasteiger partial charge is 0.328 e. The molecule has 8 nitrogen and oxygen atoms in total. The number of rotatable bonds is 4. The molecule has 2 aromatic heterocycles. The van der Waals surface area contributed by atoms with Crippen molar-refractivity contribution in [3.05, 3.63) is 70.9 Å². The number of hydrogen-bond donors (Lipinski definition) is 3. The number of amides is 2. The Bertz CT molecular complexity index is 959. The van der Waals surface area contributed by atoms with Gasteiger partial charge in [0, 0.05) is 18.0 Å². The molecule has 9 heteroatoms. The molecule has 1 atom stereocenters. The van der Waals surface area contributed by atoms with Gasteiger partial charge >= 0.3 is 6.03 Å². The van der Waals surface area contributed by atoms with Crippen molar-refractivity contribution in [1.29, 1.82) is 0 Å². The van der Waals surface area contributed by atoms with Gasteiger partial charge in [-0.2, -0.15) is 0 Å². The molecule has 0 bridgehead atoms. The van der Waals surface area contributed by atoms with E-state index in [2.05, 4.69) is 30.6 Å². The van der Waals surface area contributed by atoms with E-state index in [1.807, 2.05) is 0 Å². The van der Waals surface area contributed by atoms with Crippen molar-refractivity contribution < 1.29 is 9.18 Å². The number of halogens is 1. The van der Waals surface area contributed by atoms with Gasteiger partial charge in [0.1, 0.15) is 18.0 Å². The molecule has 0 aliphatic rings. The Morgan fingerprint density at radius 3 is 2.65 bits per heavy atom. The summed E-state index contributed by atoms with van der Waals surface area (Å²) in [6.45, 7) is 1.67. The Kier molecular flexibility index (Phi) is 4.97. The minimum atomic E-state index is -0.579. The summed E-state index contributed by atoms with van der Waals surface area (Å²) in [4.78, 5) is 38.8. The average molecular weight is 354 g/mol. The number of carbonyl (C=O) groups is 1. The molecule has 3 N–H and O–H groups in total. The molecule has 132 valence electrons. The van der Waals surface area contributed by atoms with Crippen molar-refractivity contribution >= 4 is 11.7 Å². The number of H-pyrrole nitrogens is 1. The summed E-state index contributed by atoms with van der Waals surface area (Å²) < 4.78 is 12.9. The molecule has 1 unspecified atom stereocenters. The number of anilines is 1. The lowest BCUT2D eigenvalue weighted by Crippen LogP contribution is -2.33. The first-order chi connectivity index (χ1) is 12.5. The number of hydrogen-bond acceptors (Lipinski definition) is 5. The standard InChI is InChI=1S/C17H15FN6O2/c1-10(21-17(26)22-12-4-2-11(18)3-5-12)16-23-14(8-15(25)24-16)13-6-7-19-9-20-13/h2-10H,1H3,(H2,21,22,26)(H,23,24,25). The normalized spacial score (nSPS) is 11.6. The van der Waals surface area contributed by atoms with Gasteiger partial charge in [-0.15, -0.1) is 0 Å². The maximum atomic E-state index is 12.9. The van der Waals surface area contributed by atoms with Crippen LogP contribution in [0.25, 0.3) is 11.4 Å². The van der Waals surface area contributed by atoms with Crippen molar-refractivity contribution in [2.24, 2.45) is 0 Å². The van der Waals surface area contributed by atoms with Crippen LogP contribution in [-0.4, -0.2) is 26.0 Å². The van der Waals surface area contributed by atoms with Gasteiger partial charge in [0.25, 0.3) is 5.56 Å². The van der Waals surface area contributed by atoms with Crippen LogP contribution in [0.5, 0.6) is 0 Å². The summed E-state index contributed by atoms with van der Waals surface area (Å²) in [5, 5.41) is 5.23. The van der Waals surface area contributed by atoms with E-state index in [0.717, 1.165) is 0 Å². The van der Waals surface area contributed by atoms with Crippen molar-refractivity contribution in [3.8, 4) is 11.4 Å². The smallest absolute Gasteiger partial charge is 0.319 e. The predicted molar refractivity (Wildman–Crippen MR) is 92.9 cm³/mol. The van der Waals surface area contributed by atoms with Crippen molar-refractivity contribution in [1.82, 2.24) is 25.3 Å². The van der Waals surface area contributed by atoms with Crippen LogP contribution < -0.4 is 16.2 Å². The van der Waals surface area contributed by atoms with Crippen LogP contribution in [0.4, 0.5) is 14.9 Å². The van der Waals surface area contributed by atoms with Gasteiger partial charge in [-0.25, -0.2) is 24.1 Å². The summed E-state index contributed by atoms with van der Waals surface area (Å²) in [7, 11) is 0. The number of carbonyl (C=O) groups excluding carboxylic acids is 1. The fourth-order valence-corrected chi connectivity index (χ4v) is 2.22. The highest BCUT2D eigenvalue weighted by molar-refractivity contribution is 5.89. The number of nitrogens with one attached hydrogen (secondary N) is 3. The lowest BCUT2D eigenvalue weighted by atomic mass is 10.2. The number of nitrogens with zero attached hydrogens (tertiary/aromatic N) is 3. The van der Waals surface area contributed by atoms with Gasteiger partial charge in [-0.1, -0.05) is 0 Å². The minimum Gasteiger partial charge on any atom is -0.328 e. The first kappa shape index (κ1) is 17.2. The van der Waals surface area contributed by atoms with Crippen LogP contribution in [0.2, 0.25) is 0 Å². The van der Waals surface area contributed by atoms with Crippen LogP contribution >= 0.6 is 0 Å². The van der Waals surface area contributed by atoms with Crippen LogP contribution in [-0.2, 0) is 0 Å². The quantitative estimate of drug-likeness (QED) is 0.665. The van der Waals surface area contributed by atoms with E-state index in [9.17, 15) is 14.0 Å². The summed E-state index contributed by atoms with van der Waals surface area (Å²) in [6.07, 6.45) is 2.90. The number of benzene rings is 1. The van der Waals surface area contributed by atoms with Gasteiger partial charge in [0.05, 0.1) is 17.4 Å². The Labute approximate surface area is 147 Å². The maximum absolute atomic E-state index is 12.9. The SMILES string of the molecule is CC(NC(=O)Nc1ccc(F)cc1)c1nc(-c2ccncn2)cc(=O)[nH]1. The summed E-state index contributed by atoms with van der Waals surface area (Å²) in [6, 6.07) is 7.21. The molecule has 0 saturated heterocycles. The maximum Gasteiger partial charge on any atom is 0.319 e. The second-order valence-corrected chi connectivity index (χ2v) is 5.44. The monoisotopic (exact) mass is 354 g/mol. The minimum absolute atomic E-state index is 0.278. The molecule has 3 rings (SSSR count). The molecule has 0 saturated carbocycles. The number of aromatic amines is 1. The first-order valence-corrected chi connectivity index (χ1v) is 7.72. The Hall–Kier alpha value is -3.62. The highest BCUT2D eigenvalue weighted by atomic mass is 19.1. The summed E-state index contributed by atoms with van der Waals surface area (Å²) >= 11 is 0. The third kappa shape index (κ3) is 4.26. The third-order valence-corrected chi connectivity index (χ3v) is 3.46. The highest BCUT2D eigenvalue weighted by Gasteiger charge is 2.14. The van der Waals surface area contributed by atoms with Gasteiger partial charge in [-0.3, -0.25) is 4.79 Å².